The Hall–Kier alpha value is -0.620. The van der Waals surface area contributed by atoms with Gasteiger partial charge < -0.3 is 5.32 Å². The molecule has 0 saturated carbocycles. The quantitative estimate of drug-likeness (QED) is 0.797. The van der Waals surface area contributed by atoms with E-state index in [0.717, 1.165) is 16.0 Å². The SMILES string of the molecule is Brc1ccc(Nc2ccc(I)cc2)nc1. The zero-order valence-corrected chi connectivity index (χ0v) is 11.5. The molecule has 1 aromatic carbocycles. The first-order valence-electron chi connectivity index (χ1n) is 4.38. The Kier molecular flexibility index (Phi) is 3.58. The van der Waals surface area contributed by atoms with Gasteiger partial charge >= 0.3 is 0 Å². The van der Waals surface area contributed by atoms with Gasteiger partial charge in [0.05, 0.1) is 0 Å². The second kappa shape index (κ2) is 4.94. The number of halogens is 2. The molecule has 0 saturated heterocycles. The van der Waals surface area contributed by atoms with Crippen molar-refractivity contribution in [2.45, 2.75) is 0 Å². The standard InChI is InChI=1S/C11H8BrIN2/c12-8-1-6-11(14-7-8)15-10-4-2-9(13)3-5-10/h1-7H,(H,14,15). The maximum atomic E-state index is 4.24. The van der Waals surface area contributed by atoms with E-state index >= 15 is 0 Å². The molecule has 0 fully saturated rings. The number of aromatic nitrogens is 1. The van der Waals surface area contributed by atoms with E-state index in [1.807, 2.05) is 24.3 Å². The van der Waals surface area contributed by atoms with Gasteiger partial charge in [-0.2, -0.15) is 0 Å². The molecule has 0 spiro atoms. The Bertz CT molecular complexity index is 396. The molecule has 4 heteroatoms. The monoisotopic (exact) mass is 374 g/mol. The predicted octanol–water partition coefficient (Wildman–Crippen LogP) is 4.19. The first kappa shape index (κ1) is 10.9. The first-order chi connectivity index (χ1) is 7.24. The molecule has 0 aliphatic heterocycles. The van der Waals surface area contributed by atoms with E-state index in [0.29, 0.717) is 0 Å². The number of hydrogen-bond donors (Lipinski definition) is 1. The van der Waals surface area contributed by atoms with Gasteiger partial charge in [0.2, 0.25) is 0 Å². The maximum absolute atomic E-state index is 4.24. The van der Waals surface area contributed by atoms with Crippen LogP contribution in [0, 0.1) is 3.57 Å². The second-order valence-corrected chi connectivity index (χ2v) is 5.15. The van der Waals surface area contributed by atoms with E-state index in [4.69, 9.17) is 0 Å². The van der Waals surface area contributed by atoms with E-state index in [1.165, 1.54) is 3.57 Å². The van der Waals surface area contributed by atoms with Crippen molar-refractivity contribution in [1.29, 1.82) is 0 Å². The number of pyridine rings is 1. The lowest BCUT2D eigenvalue weighted by molar-refractivity contribution is 1.29. The molecule has 1 N–H and O–H groups in total. The van der Waals surface area contributed by atoms with Gasteiger partial charge in [-0.15, -0.1) is 0 Å². The largest absolute Gasteiger partial charge is 0.340 e. The van der Waals surface area contributed by atoms with E-state index in [-0.39, 0.29) is 0 Å². The van der Waals surface area contributed by atoms with E-state index in [1.54, 1.807) is 6.20 Å². The normalized spacial score (nSPS) is 10.0. The smallest absolute Gasteiger partial charge is 0.130 e. The summed E-state index contributed by atoms with van der Waals surface area (Å²) in [7, 11) is 0. The number of anilines is 2. The minimum atomic E-state index is 0.847. The first-order valence-corrected chi connectivity index (χ1v) is 6.25. The van der Waals surface area contributed by atoms with Gasteiger partial charge in [0, 0.05) is 19.9 Å². The zero-order valence-electron chi connectivity index (χ0n) is 7.74. The lowest BCUT2D eigenvalue weighted by Crippen LogP contribution is -1.92. The third-order valence-electron chi connectivity index (χ3n) is 1.84. The minimum Gasteiger partial charge on any atom is -0.340 e. The van der Waals surface area contributed by atoms with Gasteiger partial charge in [-0.05, 0) is 74.9 Å². The molecule has 0 aliphatic carbocycles. The van der Waals surface area contributed by atoms with Gasteiger partial charge in [0.15, 0.2) is 0 Å². The topological polar surface area (TPSA) is 24.9 Å². The van der Waals surface area contributed by atoms with Crippen LogP contribution in [-0.2, 0) is 0 Å². The fraction of sp³-hybridized carbons (Fsp3) is 0. The van der Waals surface area contributed by atoms with Crippen LogP contribution in [0.5, 0.6) is 0 Å². The zero-order chi connectivity index (χ0) is 10.7. The summed E-state index contributed by atoms with van der Waals surface area (Å²) in [4.78, 5) is 4.24. The van der Waals surface area contributed by atoms with Gasteiger partial charge in [0.25, 0.3) is 0 Å². The summed E-state index contributed by atoms with van der Waals surface area (Å²) in [5, 5.41) is 3.22. The Balaban J connectivity index is 2.15. The summed E-state index contributed by atoms with van der Waals surface area (Å²) in [6, 6.07) is 12.1. The molecule has 0 aliphatic rings. The van der Waals surface area contributed by atoms with Crippen LogP contribution < -0.4 is 5.32 Å². The van der Waals surface area contributed by atoms with Crippen molar-refractivity contribution >= 4 is 50.0 Å². The molecule has 76 valence electrons. The van der Waals surface area contributed by atoms with E-state index < -0.39 is 0 Å². The number of benzene rings is 1. The number of nitrogens with zero attached hydrogens (tertiary/aromatic N) is 1. The van der Waals surface area contributed by atoms with Crippen LogP contribution in [0.25, 0.3) is 0 Å². The lowest BCUT2D eigenvalue weighted by Gasteiger charge is -2.05. The predicted molar refractivity (Wildman–Crippen MR) is 74.4 cm³/mol. The van der Waals surface area contributed by atoms with Crippen LogP contribution in [-0.4, -0.2) is 4.98 Å². The molecule has 2 aromatic rings. The van der Waals surface area contributed by atoms with Gasteiger partial charge in [-0.1, -0.05) is 0 Å². The molecule has 2 rings (SSSR count). The number of rotatable bonds is 2. The summed E-state index contributed by atoms with van der Waals surface area (Å²) in [5.41, 5.74) is 1.05. The number of hydrogen-bond acceptors (Lipinski definition) is 2. The van der Waals surface area contributed by atoms with Crippen LogP contribution in [0.15, 0.2) is 47.1 Å². The van der Waals surface area contributed by atoms with E-state index in [9.17, 15) is 0 Å². The Morgan fingerprint density at radius 2 is 1.80 bits per heavy atom. The summed E-state index contributed by atoms with van der Waals surface area (Å²) in [5.74, 6) is 0.847. The average Bonchev–Trinajstić information content (AvgIpc) is 2.25. The van der Waals surface area contributed by atoms with Crippen LogP contribution in [0.4, 0.5) is 11.5 Å². The Morgan fingerprint density at radius 3 is 2.40 bits per heavy atom. The maximum Gasteiger partial charge on any atom is 0.130 e. The third-order valence-corrected chi connectivity index (χ3v) is 3.03. The molecular formula is C11H8BrIN2. The lowest BCUT2D eigenvalue weighted by atomic mass is 10.3. The van der Waals surface area contributed by atoms with Crippen molar-refractivity contribution in [3.63, 3.8) is 0 Å². The molecule has 0 bridgehead atoms. The molecule has 0 radical (unpaired) electrons. The highest BCUT2D eigenvalue weighted by molar-refractivity contribution is 14.1. The van der Waals surface area contributed by atoms with Crippen molar-refractivity contribution in [2.75, 3.05) is 5.32 Å². The van der Waals surface area contributed by atoms with Crippen molar-refractivity contribution in [1.82, 2.24) is 4.98 Å². The van der Waals surface area contributed by atoms with Gasteiger partial charge in [-0.25, -0.2) is 4.98 Å². The average molecular weight is 375 g/mol. The van der Waals surface area contributed by atoms with Crippen molar-refractivity contribution < 1.29 is 0 Å². The molecule has 0 amide bonds. The summed E-state index contributed by atoms with van der Waals surface area (Å²) >= 11 is 5.63. The molecule has 1 aromatic heterocycles. The van der Waals surface area contributed by atoms with Gasteiger partial charge in [0.1, 0.15) is 5.82 Å². The highest BCUT2D eigenvalue weighted by Gasteiger charge is 1.95. The Labute approximate surface area is 110 Å². The Morgan fingerprint density at radius 1 is 1.07 bits per heavy atom. The molecule has 0 unspecified atom stereocenters. The van der Waals surface area contributed by atoms with Crippen LogP contribution >= 0.6 is 38.5 Å². The molecular weight excluding hydrogens is 367 g/mol. The molecule has 2 nitrogen and oxygen atoms in total. The molecule has 0 atom stereocenters. The van der Waals surface area contributed by atoms with Crippen molar-refractivity contribution in [2.24, 2.45) is 0 Å². The summed E-state index contributed by atoms with van der Waals surface area (Å²) in [6.07, 6.45) is 1.77. The van der Waals surface area contributed by atoms with Crippen molar-refractivity contribution in [3.8, 4) is 0 Å². The van der Waals surface area contributed by atoms with Crippen LogP contribution in [0.3, 0.4) is 0 Å². The van der Waals surface area contributed by atoms with Crippen LogP contribution in [0.2, 0.25) is 0 Å². The highest BCUT2D eigenvalue weighted by Crippen LogP contribution is 2.17. The number of nitrogens with one attached hydrogen (secondary N) is 1. The van der Waals surface area contributed by atoms with Crippen LogP contribution in [0.1, 0.15) is 0 Å². The van der Waals surface area contributed by atoms with Crippen molar-refractivity contribution in [3.05, 3.63) is 50.6 Å². The van der Waals surface area contributed by atoms with E-state index in [2.05, 4.69) is 61.0 Å². The second-order valence-electron chi connectivity index (χ2n) is 2.99. The summed E-state index contributed by atoms with van der Waals surface area (Å²) < 4.78 is 2.21. The minimum absolute atomic E-state index is 0.847. The fourth-order valence-corrected chi connectivity index (χ4v) is 1.72. The molecule has 15 heavy (non-hydrogen) atoms. The third kappa shape index (κ3) is 3.17. The summed E-state index contributed by atoms with van der Waals surface area (Å²) in [6.45, 7) is 0. The highest BCUT2D eigenvalue weighted by atomic mass is 127. The fourth-order valence-electron chi connectivity index (χ4n) is 1.13. The van der Waals surface area contributed by atoms with Gasteiger partial charge in [-0.3, -0.25) is 0 Å². The molecule has 1 heterocycles.